The number of carbonyl (C=O) groups excluding carboxylic acids is 1. The second-order valence-corrected chi connectivity index (χ2v) is 7.87. The minimum absolute atomic E-state index is 0.0303. The Bertz CT molecular complexity index is 879. The van der Waals surface area contributed by atoms with Gasteiger partial charge in [-0.3, -0.25) is 4.79 Å². The lowest BCUT2D eigenvalue weighted by atomic mass is 9.76. The van der Waals surface area contributed by atoms with Crippen molar-refractivity contribution in [3.8, 4) is 0 Å². The molecule has 0 bridgehead atoms. The summed E-state index contributed by atoms with van der Waals surface area (Å²) in [5.41, 5.74) is 4.26. The molecule has 1 aliphatic heterocycles. The molecule has 2 aliphatic rings. The van der Waals surface area contributed by atoms with Crippen molar-refractivity contribution in [2.45, 2.75) is 24.8 Å². The lowest BCUT2D eigenvalue weighted by Gasteiger charge is -2.37. The van der Waals surface area contributed by atoms with Crippen LogP contribution in [0.1, 0.15) is 46.3 Å². The Balaban J connectivity index is 1.56. The van der Waals surface area contributed by atoms with Crippen molar-refractivity contribution in [1.29, 1.82) is 0 Å². The maximum atomic E-state index is 12.5. The van der Waals surface area contributed by atoms with Gasteiger partial charge in [-0.2, -0.15) is 0 Å². The van der Waals surface area contributed by atoms with Gasteiger partial charge in [-0.1, -0.05) is 35.9 Å². The molecule has 4 rings (SSSR count). The van der Waals surface area contributed by atoms with Crippen LogP contribution in [0, 0.1) is 5.92 Å². The number of hydrogen-bond acceptors (Lipinski definition) is 3. The minimum atomic E-state index is -0.0303. The molecule has 0 aromatic heterocycles. The Morgan fingerprint density at radius 1 is 1.25 bits per heavy atom. The van der Waals surface area contributed by atoms with Crippen LogP contribution in [-0.4, -0.2) is 26.2 Å². The molecule has 146 valence electrons. The van der Waals surface area contributed by atoms with Crippen LogP contribution in [-0.2, 0) is 4.74 Å². The molecule has 1 amide bonds. The monoisotopic (exact) mass is 396 g/mol. The van der Waals surface area contributed by atoms with Crippen molar-refractivity contribution in [2.75, 3.05) is 25.6 Å². The lowest BCUT2D eigenvalue weighted by Crippen LogP contribution is -2.30. The average molecular weight is 397 g/mol. The molecule has 0 radical (unpaired) electrons. The fourth-order valence-corrected chi connectivity index (χ4v) is 4.38. The van der Waals surface area contributed by atoms with Crippen molar-refractivity contribution in [3.63, 3.8) is 0 Å². The van der Waals surface area contributed by atoms with Crippen molar-refractivity contribution >= 4 is 23.2 Å². The maximum absolute atomic E-state index is 12.5. The molecule has 5 heteroatoms. The number of amides is 1. The van der Waals surface area contributed by atoms with Gasteiger partial charge in [0.05, 0.1) is 6.04 Å². The van der Waals surface area contributed by atoms with E-state index in [0.29, 0.717) is 30.6 Å². The van der Waals surface area contributed by atoms with E-state index >= 15 is 0 Å². The van der Waals surface area contributed by atoms with Crippen LogP contribution < -0.4 is 10.6 Å². The summed E-state index contributed by atoms with van der Waals surface area (Å²) in [6, 6.07) is 14.3. The lowest BCUT2D eigenvalue weighted by molar-refractivity contribution is 0.0948. The third-order valence-electron chi connectivity index (χ3n) is 5.66. The number of allylic oxidation sites excluding steroid dienone is 2. The topological polar surface area (TPSA) is 50.4 Å². The van der Waals surface area contributed by atoms with Gasteiger partial charge in [0, 0.05) is 42.5 Å². The quantitative estimate of drug-likeness (QED) is 0.537. The minimum Gasteiger partial charge on any atom is -0.385 e. The summed E-state index contributed by atoms with van der Waals surface area (Å²) in [6.07, 6.45) is 6.38. The molecule has 0 spiro atoms. The Kier molecular flexibility index (Phi) is 5.69. The molecule has 1 aliphatic carbocycles. The predicted molar refractivity (Wildman–Crippen MR) is 113 cm³/mol. The van der Waals surface area contributed by atoms with Crippen LogP contribution in [0.3, 0.4) is 0 Å². The highest BCUT2D eigenvalue weighted by Crippen LogP contribution is 2.49. The SMILES string of the molecule is COCCCNC(=O)c1ccc2c(c1)[C@@H]1C=CC[C@H]1[C@H](c1ccc(Cl)cc1)N2. The molecule has 1 heterocycles. The predicted octanol–water partition coefficient (Wildman–Crippen LogP) is 4.93. The zero-order valence-electron chi connectivity index (χ0n) is 16.0. The average Bonchev–Trinajstić information content (AvgIpc) is 3.21. The van der Waals surface area contributed by atoms with Gasteiger partial charge < -0.3 is 15.4 Å². The summed E-state index contributed by atoms with van der Waals surface area (Å²) in [6.45, 7) is 1.27. The van der Waals surface area contributed by atoms with Gasteiger partial charge >= 0.3 is 0 Å². The van der Waals surface area contributed by atoms with Crippen LogP contribution in [0.15, 0.2) is 54.6 Å². The first kappa shape index (κ1) is 19.0. The second kappa shape index (κ2) is 8.38. The Hall–Kier alpha value is -2.30. The first-order valence-corrected chi connectivity index (χ1v) is 10.1. The van der Waals surface area contributed by atoms with Gasteiger partial charge in [0.2, 0.25) is 0 Å². The van der Waals surface area contributed by atoms with E-state index in [1.165, 1.54) is 11.1 Å². The number of ether oxygens (including phenoxy) is 1. The number of hydrogen-bond donors (Lipinski definition) is 2. The van der Waals surface area contributed by atoms with Crippen LogP contribution >= 0.6 is 11.6 Å². The van der Waals surface area contributed by atoms with Crippen molar-refractivity contribution in [1.82, 2.24) is 5.32 Å². The number of anilines is 1. The number of rotatable bonds is 6. The molecule has 4 nitrogen and oxygen atoms in total. The largest absolute Gasteiger partial charge is 0.385 e. The second-order valence-electron chi connectivity index (χ2n) is 7.43. The maximum Gasteiger partial charge on any atom is 0.251 e. The number of carbonyl (C=O) groups is 1. The van der Waals surface area contributed by atoms with Gasteiger partial charge in [0.15, 0.2) is 0 Å². The van der Waals surface area contributed by atoms with Crippen molar-refractivity contribution in [2.24, 2.45) is 5.92 Å². The molecule has 3 atom stereocenters. The van der Waals surface area contributed by atoms with Gasteiger partial charge in [-0.25, -0.2) is 0 Å². The van der Waals surface area contributed by atoms with Gasteiger partial charge in [0.25, 0.3) is 5.91 Å². The van der Waals surface area contributed by atoms with Crippen LogP contribution in [0.2, 0.25) is 5.02 Å². The molecule has 0 saturated heterocycles. The van der Waals surface area contributed by atoms with E-state index in [0.717, 1.165) is 23.6 Å². The normalized spacial score (nSPS) is 22.3. The van der Waals surface area contributed by atoms with Gasteiger partial charge in [0.1, 0.15) is 0 Å². The van der Waals surface area contributed by atoms with Gasteiger partial charge in [-0.15, -0.1) is 0 Å². The summed E-state index contributed by atoms with van der Waals surface area (Å²) in [4.78, 5) is 12.5. The third-order valence-corrected chi connectivity index (χ3v) is 5.92. The van der Waals surface area contributed by atoms with Gasteiger partial charge in [-0.05, 0) is 60.2 Å². The summed E-state index contributed by atoms with van der Waals surface area (Å²) in [5, 5.41) is 7.42. The summed E-state index contributed by atoms with van der Waals surface area (Å²) in [7, 11) is 1.67. The number of fused-ring (bicyclic) bond motifs is 3. The van der Waals surface area contributed by atoms with E-state index < -0.39 is 0 Å². The van der Waals surface area contributed by atoms with E-state index in [1.807, 2.05) is 30.3 Å². The third kappa shape index (κ3) is 3.80. The number of nitrogens with one attached hydrogen (secondary N) is 2. The highest BCUT2D eigenvalue weighted by molar-refractivity contribution is 6.30. The summed E-state index contributed by atoms with van der Waals surface area (Å²) < 4.78 is 5.03. The van der Waals surface area contributed by atoms with Crippen molar-refractivity contribution < 1.29 is 9.53 Å². The molecule has 2 N–H and O–H groups in total. The molecule has 28 heavy (non-hydrogen) atoms. The van der Waals surface area contributed by atoms with Crippen molar-refractivity contribution in [3.05, 3.63) is 76.3 Å². The number of methoxy groups -OCH3 is 1. The van der Waals surface area contributed by atoms with E-state index in [-0.39, 0.29) is 11.9 Å². The summed E-state index contributed by atoms with van der Waals surface area (Å²) in [5.74, 6) is 0.726. The van der Waals surface area contributed by atoms with Crippen LogP contribution in [0.5, 0.6) is 0 Å². The Morgan fingerprint density at radius 3 is 2.86 bits per heavy atom. The van der Waals surface area contributed by atoms with E-state index in [9.17, 15) is 4.79 Å². The number of halogens is 1. The van der Waals surface area contributed by atoms with E-state index in [1.54, 1.807) is 7.11 Å². The number of benzene rings is 2. The zero-order chi connectivity index (χ0) is 19.5. The van der Waals surface area contributed by atoms with E-state index in [2.05, 4.69) is 34.9 Å². The summed E-state index contributed by atoms with van der Waals surface area (Å²) >= 11 is 6.07. The fourth-order valence-electron chi connectivity index (χ4n) is 4.26. The Labute approximate surface area is 170 Å². The smallest absolute Gasteiger partial charge is 0.251 e. The van der Waals surface area contributed by atoms with Crippen LogP contribution in [0.25, 0.3) is 0 Å². The first-order chi connectivity index (χ1) is 13.7. The molecule has 2 aromatic carbocycles. The highest BCUT2D eigenvalue weighted by Gasteiger charge is 2.38. The van der Waals surface area contributed by atoms with Crippen LogP contribution in [0.4, 0.5) is 5.69 Å². The van der Waals surface area contributed by atoms with E-state index in [4.69, 9.17) is 16.3 Å². The fraction of sp³-hybridized carbons (Fsp3) is 0.348. The molecule has 0 unspecified atom stereocenters. The molecular weight excluding hydrogens is 372 g/mol. The molecule has 0 fully saturated rings. The molecule has 0 saturated carbocycles. The highest BCUT2D eigenvalue weighted by atomic mass is 35.5. The first-order valence-electron chi connectivity index (χ1n) is 9.77. The molecular formula is C23H25ClN2O2. The Morgan fingerprint density at radius 2 is 2.07 bits per heavy atom. The zero-order valence-corrected chi connectivity index (χ0v) is 16.7. The standard InChI is InChI=1S/C23H25ClN2O2/c1-28-13-3-12-25-23(27)16-8-11-21-20(14-16)18-4-2-5-19(18)22(26-21)15-6-9-17(24)10-7-15/h2,4,6-11,14,18-19,22,26H,3,5,12-13H2,1H3,(H,25,27)/t18-,19-,22+/m1/s1. The molecule has 2 aromatic rings.